The highest BCUT2D eigenvalue weighted by Gasteiger charge is 2.22. The number of nitrogens with one attached hydrogen (secondary N) is 1. The van der Waals surface area contributed by atoms with E-state index in [0.717, 1.165) is 44.3 Å². The van der Waals surface area contributed by atoms with Crippen LogP contribution in [0.3, 0.4) is 0 Å². The second-order valence-corrected chi connectivity index (χ2v) is 4.75. The number of aromatic nitrogens is 2. The highest BCUT2D eigenvalue weighted by molar-refractivity contribution is 5.85. The van der Waals surface area contributed by atoms with Crippen molar-refractivity contribution in [2.45, 2.75) is 32.6 Å². The summed E-state index contributed by atoms with van der Waals surface area (Å²) < 4.78 is 5.24. The standard InChI is InChI=1S/C12H22N4O.ClH/c1-3-5-11-14-12(15-17-11)16-7-4-6-10(9-16)8-13-2;/h10,13H,3-9H2,1-2H3;1H. The van der Waals surface area contributed by atoms with Gasteiger partial charge in [-0.3, -0.25) is 0 Å². The number of hydrogen-bond donors (Lipinski definition) is 1. The molecular weight excluding hydrogens is 252 g/mol. The lowest BCUT2D eigenvalue weighted by molar-refractivity contribution is 0.367. The van der Waals surface area contributed by atoms with Gasteiger partial charge in [0.05, 0.1) is 0 Å². The van der Waals surface area contributed by atoms with Crippen LogP contribution in [0, 0.1) is 5.92 Å². The van der Waals surface area contributed by atoms with E-state index in [1.807, 2.05) is 7.05 Å². The first-order valence-corrected chi connectivity index (χ1v) is 6.55. The molecule has 1 aromatic rings. The monoisotopic (exact) mass is 274 g/mol. The molecule has 1 aliphatic heterocycles. The van der Waals surface area contributed by atoms with Crippen LogP contribution in [0.4, 0.5) is 5.95 Å². The molecule has 0 aromatic carbocycles. The Labute approximate surface area is 115 Å². The first kappa shape index (κ1) is 15.2. The van der Waals surface area contributed by atoms with Crippen molar-refractivity contribution in [3.8, 4) is 0 Å². The summed E-state index contributed by atoms with van der Waals surface area (Å²) in [5.41, 5.74) is 0. The third kappa shape index (κ3) is 3.85. The van der Waals surface area contributed by atoms with Crippen LogP contribution in [0.5, 0.6) is 0 Å². The van der Waals surface area contributed by atoms with Gasteiger partial charge >= 0.3 is 0 Å². The van der Waals surface area contributed by atoms with Gasteiger partial charge in [-0.05, 0) is 43.9 Å². The summed E-state index contributed by atoms with van der Waals surface area (Å²) in [6, 6.07) is 0. The van der Waals surface area contributed by atoms with Crippen molar-refractivity contribution >= 4 is 18.4 Å². The largest absolute Gasteiger partial charge is 0.338 e. The second kappa shape index (κ2) is 7.59. The molecule has 2 rings (SSSR count). The normalized spacial score (nSPS) is 19.7. The van der Waals surface area contributed by atoms with Gasteiger partial charge in [0.2, 0.25) is 5.89 Å². The zero-order valence-corrected chi connectivity index (χ0v) is 12.0. The SMILES string of the molecule is CCCc1nc(N2CCCC(CNC)C2)no1.Cl. The minimum atomic E-state index is 0. The summed E-state index contributed by atoms with van der Waals surface area (Å²) in [6.45, 7) is 5.27. The van der Waals surface area contributed by atoms with Crippen molar-refractivity contribution in [2.24, 2.45) is 5.92 Å². The average Bonchev–Trinajstić information content (AvgIpc) is 2.79. The molecule has 0 radical (unpaired) electrons. The van der Waals surface area contributed by atoms with Crippen LogP contribution >= 0.6 is 12.4 Å². The molecular formula is C12H23ClN4O. The highest BCUT2D eigenvalue weighted by Crippen LogP contribution is 2.20. The van der Waals surface area contributed by atoms with E-state index in [4.69, 9.17) is 4.52 Å². The Morgan fingerprint density at radius 3 is 3.06 bits per heavy atom. The summed E-state index contributed by atoms with van der Waals surface area (Å²) >= 11 is 0. The van der Waals surface area contributed by atoms with Gasteiger partial charge in [-0.1, -0.05) is 6.92 Å². The molecule has 0 amide bonds. The highest BCUT2D eigenvalue weighted by atomic mass is 35.5. The molecule has 1 saturated heterocycles. The van der Waals surface area contributed by atoms with Gasteiger partial charge in [-0.15, -0.1) is 12.4 Å². The Bertz CT molecular complexity index is 343. The number of anilines is 1. The summed E-state index contributed by atoms with van der Waals surface area (Å²) in [5.74, 6) is 2.23. The molecule has 5 nitrogen and oxygen atoms in total. The number of aryl methyl sites for hydroxylation is 1. The van der Waals surface area contributed by atoms with Crippen LogP contribution in [0.1, 0.15) is 32.1 Å². The van der Waals surface area contributed by atoms with Crippen LogP contribution in [-0.4, -0.2) is 36.8 Å². The third-order valence-electron chi connectivity index (χ3n) is 3.22. The maximum atomic E-state index is 5.24. The van der Waals surface area contributed by atoms with Gasteiger partial charge < -0.3 is 14.7 Å². The molecule has 0 aliphatic carbocycles. The lowest BCUT2D eigenvalue weighted by Gasteiger charge is -2.31. The molecule has 6 heteroatoms. The van der Waals surface area contributed by atoms with Crippen molar-refractivity contribution in [2.75, 3.05) is 31.6 Å². The number of hydrogen-bond acceptors (Lipinski definition) is 5. The first-order valence-electron chi connectivity index (χ1n) is 6.55. The molecule has 2 heterocycles. The van der Waals surface area contributed by atoms with E-state index in [-0.39, 0.29) is 12.4 Å². The Balaban J connectivity index is 0.00000162. The predicted octanol–water partition coefficient (Wildman–Crippen LogP) is 1.88. The molecule has 104 valence electrons. The number of halogens is 1. The van der Waals surface area contributed by atoms with Gasteiger partial charge in [0, 0.05) is 19.5 Å². The zero-order valence-electron chi connectivity index (χ0n) is 11.2. The molecule has 0 spiro atoms. The van der Waals surface area contributed by atoms with Gasteiger partial charge in [-0.25, -0.2) is 0 Å². The third-order valence-corrected chi connectivity index (χ3v) is 3.22. The van der Waals surface area contributed by atoms with Crippen molar-refractivity contribution in [3.63, 3.8) is 0 Å². The molecule has 1 aliphatic rings. The summed E-state index contributed by atoms with van der Waals surface area (Å²) in [4.78, 5) is 6.69. The zero-order chi connectivity index (χ0) is 12.1. The summed E-state index contributed by atoms with van der Waals surface area (Å²) in [5, 5.41) is 7.32. The smallest absolute Gasteiger partial charge is 0.266 e. The van der Waals surface area contributed by atoms with Crippen LogP contribution in [0.25, 0.3) is 0 Å². The summed E-state index contributed by atoms with van der Waals surface area (Å²) in [7, 11) is 2.01. The second-order valence-electron chi connectivity index (χ2n) is 4.75. The van der Waals surface area contributed by atoms with E-state index in [9.17, 15) is 0 Å². The number of rotatable bonds is 5. The van der Waals surface area contributed by atoms with E-state index < -0.39 is 0 Å². The van der Waals surface area contributed by atoms with Gasteiger partial charge in [-0.2, -0.15) is 4.98 Å². The molecule has 1 unspecified atom stereocenters. The Hall–Kier alpha value is -0.810. The van der Waals surface area contributed by atoms with Crippen molar-refractivity contribution < 1.29 is 4.52 Å². The Morgan fingerprint density at radius 2 is 2.33 bits per heavy atom. The fraction of sp³-hybridized carbons (Fsp3) is 0.833. The molecule has 0 saturated carbocycles. The van der Waals surface area contributed by atoms with Crippen LogP contribution in [0.15, 0.2) is 4.52 Å². The maximum Gasteiger partial charge on any atom is 0.266 e. The van der Waals surface area contributed by atoms with E-state index in [1.165, 1.54) is 12.8 Å². The maximum absolute atomic E-state index is 5.24. The van der Waals surface area contributed by atoms with Gasteiger partial charge in [0.1, 0.15) is 0 Å². The lowest BCUT2D eigenvalue weighted by atomic mass is 9.98. The van der Waals surface area contributed by atoms with E-state index in [1.54, 1.807) is 0 Å². The Morgan fingerprint density at radius 1 is 1.50 bits per heavy atom. The Kier molecular flexibility index (Phi) is 6.43. The molecule has 1 N–H and O–H groups in total. The summed E-state index contributed by atoms with van der Waals surface area (Å²) in [6.07, 6.45) is 4.42. The molecule has 1 atom stereocenters. The van der Waals surface area contributed by atoms with Crippen molar-refractivity contribution in [1.29, 1.82) is 0 Å². The molecule has 18 heavy (non-hydrogen) atoms. The van der Waals surface area contributed by atoms with E-state index in [2.05, 4.69) is 27.3 Å². The molecule has 1 aromatic heterocycles. The minimum absolute atomic E-state index is 0. The van der Waals surface area contributed by atoms with Crippen molar-refractivity contribution in [1.82, 2.24) is 15.5 Å². The lowest BCUT2D eigenvalue weighted by Crippen LogP contribution is -2.39. The number of piperidine rings is 1. The van der Waals surface area contributed by atoms with E-state index in [0.29, 0.717) is 5.92 Å². The van der Waals surface area contributed by atoms with E-state index >= 15 is 0 Å². The average molecular weight is 275 g/mol. The van der Waals surface area contributed by atoms with Gasteiger partial charge in [0.25, 0.3) is 5.95 Å². The topological polar surface area (TPSA) is 54.2 Å². The molecule has 1 fully saturated rings. The quantitative estimate of drug-likeness (QED) is 0.889. The number of nitrogens with zero attached hydrogens (tertiary/aromatic N) is 3. The van der Waals surface area contributed by atoms with Gasteiger partial charge in [0.15, 0.2) is 0 Å². The van der Waals surface area contributed by atoms with Crippen LogP contribution in [-0.2, 0) is 6.42 Å². The minimum Gasteiger partial charge on any atom is -0.338 e. The fourth-order valence-corrected chi connectivity index (χ4v) is 2.39. The van der Waals surface area contributed by atoms with Crippen LogP contribution in [0.2, 0.25) is 0 Å². The first-order chi connectivity index (χ1) is 8.33. The predicted molar refractivity (Wildman–Crippen MR) is 74.4 cm³/mol. The fourth-order valence-electron chi connectivity index (χ4n) is 2.39. The van der Waals surface area contributed by atoms with Crippen LogP contribution < -0.4 is 10.2 Å². The molecule has 0 bridgehead atoms. The van der Waals surface area contributed by atoms with Crippen molar-refractivity contribution in [3.05, 3.63) is 5.89 Å².